The SMILES string of the molecule is COC(=O)[C@H]1O[C@@H](OCCCO)[C@H](OC(C)=O)C(OC(C)=O)[C@@H]1OC(C)=O. The van der Waals surface area contributed by atoms with Crippen LogP contribution in [0.3, 0.4) is 0 Å². The second-order valence-corrected chi connectivity index (χ2v) is 5.62. The molecule has 154 valence electrons. The lowest BCUT2D eigenvalue weighted by atomic mass is 9.97. The smallest absolute Gasteiger partial charge is 0.339 e. The molecule has 0 amide bonds. The van der Waals surface area contributed by atoms with Gasteiger partial charge in [-0.05, 0) is 6.42 Å². The Morgan fingerprint density at radius 2 is 1.41 bits per heavy atom. The second-order valence-electron chi connectivity index (χ2n) is 5.62. The van der Waals surface area contributed by atoms with Crippen molar-refractivity contribution in [1.29, 1.82) is 0 Å². The Morgan fingerprint density at radius 3 is 1.89 bits per heavy atom. The van der Waals surface area contributed by atoms with Crippen molar-refractivity contribution >= 4 is 23.9 Å². The molecule has 0 spiro atoms. The quantitative estimate of drug-likeness (QED) is 0.311. The van der Waals surface area contributed by atoms with Crippen LogP contribution in [-0.2, 0) is 47.6 Å². The molecule has 0 radical (unpaired) electrons. The largest absolute Gasteiger partial charge is 0.467 e. The highest BCUT2D eigenvalue weighted by atomic mass is 16.7. The molecular weight excluding hydrogens is 368 g/mol. The Morgan fingerprint density at radius 1 is 0.889 bits per heavy atom. The Bertz CT molecular complexity index is 546. The third-order valence-corrected chi connectivity index (χ3v) is 3.42. The van der Waals surface area contributed by atoms with Crippen LogP contribution in [0.25, 0.3) is 0 Å². The van der Waals surface area contributed by atoms with E-state index < -0.39 is 54.6 Å². The van der Waals surface area contributed by atoms with Crippen LogP contribution < -0.4 is 0 Å². The highest BCUT2D eigenvalue weighted by Crippen LogP contribution is 2.30. The molecule has 1 aliphatic heterocycles. The predicted octanol–water partition coefficient (Wildman–Crippen LogP) is -0.922. The van der Waals surface area contributed by atoms with Gasteiger partial charge in [0.2, 0.25) is 0 Å². The van der Waals surface area contributed by atoms with Crippen molar-refractivity contribution in [3.05, 3.63) is 0 Å². The minimum Gasteiger partial charge on any atom is -0.467 e. The van der Waals surface area contributed by atoms with Gasteiger partial charge in [-0.2, -0.15) is 0 Å². The van der Waals surface area contributed by atoms with Gasteiger partial charge < -0.3 is 33.5 Å². The lowest BCUT2D eigenvalue weighted by molar-refractivity contribution is -0.301. The van der Waals surface area contributed by atoms with E-state index in [0.29, 0.717) is 0 Å². The van der Waals surface area contributed by atoms with Crippen molar-refractivity contribution < 1.29 is 52.7 Å². The number of carbonyl (C=O) groups is 4. The van der Waals surface area contributed by atoms with E-state index in [1.807, 2.05) is 0 Å². The number of aliphatic hydroxyl groups is 1. The van der Waals surface area contributed by atoms with Crippen molar-refractivity contribution in [3.8, 4) is 0 Å². The summed E-state index contributed by atoms with van der Waals surface area (Å²) in [6.07, 6.45) is -6.72. The Kier molecular flexibility index (Phi) is 9.12. The number of rotatable bonds is 8. The molecule has 1 saturated heterocycles. The molecule has 0 aromatic carbocycles. The summed E-state index contributed by atoms with van der Waals surface area (Å²) in [4.78, 5) is 46.7. The minimum absolute atomic E-state index is 0.00214. The number of hydrogen-bond acceptors (Lipinski definition) is 11. The van der Waals surface area contributed by atoms with Crippen LogP contribution in [-0.4, -0.2) is 80.0 Å². The van der Waals surface area contributed by atoms with Crippen molar-refractivity contribution in [2.24, 2.45) is 0 Å². The summed E-state index contributed by atoms with van der Waals surface area (Å²) in [6.45, 7) is 3.12. The lowest BCUT2D eigenvalue weighted by Gasteiger charge is -2.43. The van der Waals surface area contributed by atoms with Gasteiger partial charge in [0.05, 0.1) is 13.7 Å². The maximum Gasteiger partial charge on any atom is 0.339 e. The number of methoxy groups -OCH3 is 1. The Labute approximate surface area is 155 Å². The Balaban J connectivity index is 3.27. The third kappa shape index (κ3) is 6.77. The van der Waals surface area contributed by atoms with Crippen LogP contribution in [0.4, 0.5) is 0 Å². The summed E-state index contributed by atoms with van der Waals surface area (Å²) in [7, 11) is 1.09. The summed E-state index contributed by atoms with van der Waals surface area (Å²) in [5.41, 5.74) is 0. The monoisotopic (exact) mass is 392 g/mol. The van der Waals surface area contributed by atoms with E-state index in [1.54, 1.807) is 0 Å². The fourth-order valence-electron chi connectivity index (χ4n) is 2.48. The van der Waals surface area contributed by atoms with E-state index in [1.165, 1.54) is 0 Å². The highest BCUT2D eigenvalue weighted by molar-refractivity contribution is 5.77. The van der Waals surface area contributed by atoms with Gasteiger partial charge >= 0.3 is 23.9 Å². The highest BCUT2D eigenvalue weighted by Gasteiger charge is 2.55. The minimum atomic E-state index is -1.49. The number of esters is 4. The molecule has 0 aromatic heterocycles. The molecule has 11 heteroatoms. The van der Waals surface area contributed by atoms with E-state index in [-0.39, 0.29) is 19.6 Å². The number of hydrogen-bond donors (Lipinski definition) is 1. The van der Waals surface area contributed by atoms with Gasteiger partial charge in [-0.25, -0.2) is 4.79 Å². The van der Waals surface area contributed by atoms with Crippen molar-refractivity contribution in [2.75, 3.05) is 20.3 Å². The lowest BCUT2D eigenvalue weighted by Crippen LogP contribution is -2.63. The molecular formula is C16H24O11. The maximum atomic E-state index is 12.1. The van der Waals surface area contributed by atoms with Gasteiger partial charge in [0.1, 0.15) is 0 Å². The van der Waals surface area contributed by atoms with E-state index in [9.17, 15) is 19.2 Å². The first kappa shape index (κ1) is 22.8. The summed E-state index contributed by atoms with van der Waals surface area (Å²) in [6, 6.07) is 0. The third-order valence-electron chi connectivity index (χ3n) is 3.42. The van der Waals surface area contributed by atoms with Gasteiger partial charge in [-0.15, -0.1) is 0 Å². The molecule has 0 bridgehead atoms. The molecule has 1 unspecified atom stereocenters. The fraction of sp³-hybridized carbons (Fsp3) is 0.750. The molecule has 0 aromatic rings. The fourth-order valence-corrected chi connectivity index (χ4v) is 2.48. The van der Waals surface area contributed by atoms with Crippen LogP contribution >= 0.6 is 0 Å². The predicted molar refractivity (Wildman–Crippen MR) is 85.0 cm³/mol. The maximum absolute atomic E-state index is 12.1. The zero-order valence-corrected chi connectivity index (χ0v) is 15.5. The van der Waals surface area contributed by atoms with Crippen molar-refractivity contribution in [2.45, 2.75) is 57.9 Å². The normalized spacial score (nSPS) is 27.4. The van der Waals surface area contributed by atoms with Gasteiger partial charge in [0.25, 0.3) is 0 Å². The van der Waals surface area contributed by atoms with Crippen LogP contribution in [0.2, 0.25) is 0 Å². The first-order valence-electron chi connectivity index (χ1n) is 8.18. The number of ether oxygens (including phenoxy) is 6. The molecule has 11 nitrogen and oxygen atoms in total. The van der Waals surface area contributed by atoms with Crippen LogP contribution in [0.5, 0.6) is 0 Å². The number of carbonyl (C=O) groups excluding carboxylic acids is 4. The van der Waals surface area contributed by atoms with Gasteiger partial charge in [-0.1, -0.05) is 0 Å². The average molecular weight is 392 g/mol. The van der Waals surface area contributed by atoms with Crippen molar-refractivity contribution in [3.63, 3.8) is 0 Å². The second kappa shape index (κ2) is 10.8. The average Bonchev–Trinajstić information content (AvgIpc) is 2.57. The molecule has 1 heterocycles. The van der Waals surface area contributed by atoms with Crippen LogP contribution in [0, 0.1) is 0 Å². The van der Waals surface area contributed by atoms with Crippen LogP contribution in [0.1, 0.15) is 27.2 Å². The van der Waals surface area contributed by atoms with E-state index in [4.69, 9.17) is 28.8 Å². The summed E-state index contributed by atoms with van der Waals surface area (Å²) in [5, 5.41) is 8.89. The number of aliphatic hydroxyl groups excluding tert-OH is 1. The molecule has 1 N–H and O–H groups in total. The van der Waals surface area contributed by atoms with Gasteiger partial charge in [-0.3, -0.25) is 14.4 Å². The van der Waals surface area contributed by atoms with E-state index in [0.717, 1.165) is 27.9 Å². The van der Waals surface area contributed by atoms with E-state index in [2.05, 4.69) is 4.74 Å². The summed E-state index contributed by atoms with van der Waals surface area (Å²) >= 11 is 0. The zero-order valence-electron chi connectivity index (χ0n) is 15.5. The van der Waals surface area contributed by atoms with Gasteiger partial charge in [0, 0.05) is 27.4 Å². The molecule has 1 fully saturated rings. The molecule has 1 aliphatic rings. The first-order valence-corrected chi connectivity index (χ1v) is 8.18. The topological polar surface area (TPSA) is 144 Å². The Hall–Kier alpha value is -2.24. The van der Waals surface area contributed by atoms with Crippen LogP contribution in [0.15, 0.2) is 0 Å². The molecule has 27 heavy (non-hydrogen) atoms. The molecule has 5 atom stereocenters. The first-order chi connectivity index (χ1) is 12.7. The standard InChI is InChI=1S/C16H24O11/c1-8(18)24-11-12(25-9(2)19)14(26-10(3)20)16(23-7-5-6-17)27-13(11)15(21)22-4/h11-14,16-17H,5-7H2,1-4H3/t11-,12?,13-,14+,16+/m0/s1. The van der Waals surface area contributed by atoms with E-state index >= 15 is 0 Å². The molecule has 0 aliphatic carbocycles. The van der Waals surface area contributed by atoms with Crippen molar-refractivity contribution in [1.82, 2.24) is 0 Å². The van der Waals surface area contributed by atoms with Gasteiger partial charge in [0.15, 0.2) is 30.7 Å². The summed E-state index contributed by atoms with van der Waals surface area (Å²) in [5.74, 6) is -3.20. The zero-order chi connectivity index (χ0) is 20.6. The molecule has 0 saturated carbocycles. The molecule has 1 rings (SSSR count). The summed E-state index contributed by atoms with van der Waals surface area (Å²) < 4.78 is 31.0.